The number of para-hydroxylation sites is 1. The lowest BCUT2D eigenvalue weighted by Crippen LogP contribution is -3.15. The van der Waals surface area contributed by atoms with Crippen molar-refractivity contribution in [1.82, 2.24) is 4.31 Å². The van der Waals surface area contributed by atoms with E-state index >= 15 is 0 Å². The van der Waals surface area contributed by atoms with Crippen LogP contribution >= 0.6 is 0 Å². The zero-order valence-electron chi connectivity index (χ0n) is 16.6. The Bertz CT molecular complexity index is 954. The molecule has 154 valence electrons. The summed E-state index contributed by atoms with van der Waals surface area (Å²) in [6, 6.07) is 17.4. The maximum Gasteiger partial charge on any atom is 0.282 e. The summed E-state index contributed by atoms with van der Waals surface area (Å²) >= 11 is 0. The molecule has 0 aliphatic carbocycles. The molecule has 7 heteroatoms. The second kappa shape index (κ2) is 8.65. The molecule has 2 aromatic rings. The van der Waals surface area contributed by atoms with Gasteiger partial charge < -0.3 is 9.80 Å². The highest BCUT2D eigenvalue weighted by atomic mass is 32.2. The van der Waals surface area contributed by atoms with Crippen LogP contribution in [0, 0.1) is 0 Å². The third-order valence-electron chi connectivity index (χ3n) is 5.83. The fourth-order valence-corrected chi connectivity index (χ4v) is 5.77. The number of anilines is 1. The Kier molecular flexibility index (Phi) is 5.99. The predicted molar refractivity (Wildman–Crippen MR) is 113 cm³/mol. The summed E-state index contributed by atoms with van der Waals surface area (Å²) in [5, 5.41) is 0. The molecule has 0 aromatic heterocycles. The van der Waals surface area contributed by atoms with Crippen LogP contribution in [0.1, 0.15) is 17.5 Å². The van der Waals surface area contributed by atoms with Gasteiger partial charge in [0.15, 0.2) is 6.54 Å². The Morgan fingerprint density at radius 3 is 2.38 bits per heavy atom. The maximum atomic E-state index is 12.9. The van der Waals surface area contributed by atoms with Crippen LogP contribution in [0.4, 0.5) is 5.69 Å². The fraction of sp³-hybridized carbons (Fsp3) is 0.409. The Morgan fingerprint density at radius 1 is 0.931 bits per heavy atom. The zero-order chi connectivity index (χ0) is 20.3. The van der Waals surface area contributed by atoms with E-state index < -0.39 is 10.0 Å². The number of hydrogen-bond donors (Lipinski definition) is 1. The van der Waals surface area contributed by atoms with Crippen molar-refractivity contribution in [2.24, 2.45) is 0 Å². The first kappa shape index (κ1) is 20.1. The topological polar surface area (TPSA) is 62.1 Å². The maximum absolute atomic E-state index is 12.9. The van der Waals surface area contributed by atoms with Crippen molar-refractivity contribution >= 4 is 21.6 Å². The second-order valence-electron chi connectivity index (χ2n) is 7.85. The largest absolute Gasteiger partial charge is 0.325 e. The van der Waals surface area contributed by atoms with Crippen molar-refractivity contribution < 1.29 is 18.1 Å². The number of nitrogens with zero attached hydrogens (tertiary/aromatic N) is 2. The highest BCUT2D eigenvalue weighted by Gasteiger charge is 2.32. The van der Waals surface area contributed by atoms with Crippen LogP contribution in [-0.2, 0) is 27.0 Å². The molecule has 0 radical (unpaired) electrons. The van der Waals surface area contributed by atoms with Crippen molar-refractivity contribution in [2.45, 2.75) is 18.6 Å². The highest BCUT2D eigenvalue weighted by molar-refractivity contribution is 7.88. The number of piperazine rings is 1. The zero-order valence-corrected chi connectivity index (χ0v) is 17.4. The Labute approximate surface area is 172 Å². The number of nitrogens with one attached hydrogen (secondary N) is 1. The number of sulfonamides is 1. The fourth-order valence-electron chi connectivity index (χ4n) is 4.24. The molecule has 4 rings (SSSR count). The number of quaternary nitrogens is 1. The summed E-state index contributed by atoms with van der Waals surface area (Å²) < 4.78 is 27.0. The molecule has 2 aromatic carbocycles. The van der Waals surface area contributed by atoms with Gasteiger partial charge in [0.05, 0.1) is 31.9 Å². The lowest BCUT2D eigenvalue weighted by molar-refractivity contribution is -0.895. The summed E-state index contributed by atoms with van der Waals surface area (Å²) in [6.07, 6.45) is 2.01. The lowest BCUT2D eigenvalue weighted by Gasteiger charge is -2.34. The first-order chi connectivity index (χ1) is 14.0. The van der Waals surface area contributed by atoms with Crippen molar-refractivity contribution in [3.8, 4) is 0 Å². The Morgan fingerprint density at radius 2 is 1.62 bits per heavy atom. The minimum atomic E-state index is -3.32. The van der Waals surface area contributed by atoms with Gasteiger partial charge in [-0.05, 0) is 30.0 Å². The molecule has 0 saturated carbocycles. The summed E-state index contributed by atoms with van der Waals surface area (Å²) in [5.74, 6) is 0.167. The van der Waals surface area contributed by atoms with E-state index in [1.54, 1.807) is 4.31 Å². The molecule has 0 bridgehead atoms. The van der Waals surface area contributed by atoms with E-state index in [2.05, 4.69) is 6.07 Å². The third-order valence-corrected chi connectivity index (χ3v) is 7.68. The van der Waals surface area contributed by atoms with Crippen molar-refractivity contribution in [1.29, 1.82) is 0 Å². The van der Waals surface area contributed by atoms with Gasteiger partial charge >= 0.3 is 0 Å². The molecule has 6 nitrogen and oxygen atoms in total. The monoisotopic (exact) mass is 414 g/mol. The second-order valence-corrected chi connectivity index (χ2v) is 9.81. The number of hydrogen-bond acceptors (Lipinski definition) is 3. The molecule has 1 N–H and O–H groups in total. The standard InChI is InChI=1S/C22H27N3O3S/c26-22(25-12-6-10-20-9-4-5-11-21(20)25)17-23-13-15-24(16-14-23)29(27,28)18-19-7-2-1-3-8-19/h1-5,7-9,11H,6,10,12-18H2/p+1. The van der Waals surface area contributed by atoms with Crippen molar-refractivity contribution in [2.75, 3.05) is 44.2 Å². The van der Waals surface area contributed by atoms with Crippen molar-refractivity contribution in [3.63, 3.8) is 0 Å². The number of carbonyl (C=O) groups is 1. The minimum absolute atomic E-state index is 0.0344. The van der Waals surface area contributed by atoms with Gasteiger partial charge in [0.1, 0.15) is 0 Å². The van der Waals surface area contributed by atoms with E-state index in [1.807, 2.05) is 53.4 Å². The van der Waals surface area contributed by atoms with Gasteiger partial charge in [0.2, 0.25) is 10.0 Å². The molecule has 1 saturated heterocycles. The molecule has 0 spiro atoms. The van der Waals surface area contributed by atoms with Crippen LogP contribution in [0.25, 0.3) is 0 Å². The van der Waals surface area contributed by atoms with E-state index in [1.165, 1.54) is 5.56 Å². The molecule has 1 fully saturated rings. The number of carbonyl (C=O) groups excluding carboxylic acids is 1. The van der Waals surface area contributed by atoms with E-state index in [0.717, 1.165) is 35.5 Å². The van der Waals surface area contributed by atoms with E-state index in [-0.39, 0.29) is 11.7 Å². The van der Waals surface area contributed by atoms with Crippen LogP contribution in [0.3, 0.4) is 0 Å². The molecule has 2 aliphatic rings. The number of aryl methyl sites for hydroxylation is 1. The molecule has 2 aliphatic heterocycles. The lowest BCUT2D eigenvalue weighted by atomic mass is 10.0. The molecule has 2 heterocycles. The first-order valence-corrected chi connectivity index (χ1v) is 11.9. The molecular weight excluding hydrogens is 386 g/mol. The normalized spacial score (nSPS) is 18.4. The summed E-state index contributed by atoms with van der Waals surface area (Å²) in [4.78, 5) is 16.0. The summed E-state index contributed by atoms with van der Waals surface area (Å²) in [6.45, 7) is 3.44. The molecule has 29 heavy (non-hydrogen) atoms. The van der Waals surface area contributed by atoms with Gasteiger partial charge in [0, 0.05) is 12.2 Å². The number of fused-ring (bicyclic) bond motifs is 1. The number of amides is 1. The Hall–Kier alpha value is -2.22. The minimum Gasteiger partial charge on any atom is -0.325 e. The average Bonchev–Trinajstić information content (AvgIpc) is 2.74. The van der Waals surface area contributed by atoms with Gasteiger partial charge in [-0.15, -0.1) is 0 Å². The smallest absolute Gasteiger partial charge is 0.282 e. The quantitative estimate of drug-likeness (QED) is 0.783. The van der Waals surface area contributed by atoms with Gasteiger partial charge in [0.25, 0.3) is 5.91 Å². The number of benzene rings is 2. The highest BCUT2D eigenvalue weighted by Crippen LogP contribution is 2.26. The van der Waals surface area contributed by atoms with Crippen LogP contribution in [0.15, 0.2) is 54.6 Å². The summed E-state index contributed by atoms with van der Waals surface area (Å²) in [5.41, 5.74) is 3.08. The molecular formula is C22H28N3O3S+. The van der Waals surface area contributed by atoms with Gasteiger partial charge in [-0.3, -0.25) is 4.79 Å². The van der Waals surface area contributed by atoms with Gasteiger partial charge in [-0.2, -0.15) is 4.31 Å². The van der Waals surface area contributed by atoms with Crippen LogP contribution in [0.2, 0.25) is 0 Å². The predicted octanol–water partition coefficient (Wildman–Crippen LogP) is 0.696. The molecule has 0 atom stereocenters. The Balaban J connectivity index is 1.33. The van der Waals surface area contributed by atoms with Gasteiger partial charge in [-0.1, -0.05) is 48.5 Å². The molecule has 1 amide bonds. The average molecular weight is 415 g/mol. The van der Waals surface area contributed by atoms with E-state index in [9.17, 15) is 13.2 Å². The van der Waals surface area contributed by atoms with Crippen molar-refractivity contribution in [3.05, 3.63) is 65.7 Å². The van der Waals surface area contributed by atoms with E-state index in [0.29, 0.717) is 32.7 Å². The van der Waals surface area contributed by atoms with Gasteiger partial charge in [-0.25, -0.2) is 8.42 Å². The molecule has 0 unspecified atom stereocenters. The van der Waals surface area contributed by atoms with Crippen LogP contribution < -0.4 is 9.80 Å². The SMILES string of the molecule is O=C(C[NH+]1CCN(S(=O)(=O)Cc2ccccc2)CC1)N1CCCc2ccccc21. The number of rotatable bonds is 5. The van der Waals surface area contributed by atoms with E-state index in [4.69, 9.17) is 0 Å². The van der Waals surface area contributed by atoms with Crippen LogP contribution in [-0.4, -0.2) is 57.9 Å². The van der Waals surface area contributed by atoms with Crippen LogP contribution in [0.5, 0.6) is 0 Å². The first-order valence-electron chi connectivity index (χ1n) is 10.3. The third kappa shape index (κ3) is 4.69. The summed E-state index contributed by atoms with van der Waals surface area (Å²) in [7, 11) is -3.32.